The Hall–Kier alpha value is -1.27. The molecule has 1 atom stereocenters. The minimum absolute atomic E-state index is 0.128. The van der Waals surface area contributed by atoms with Crippen molar-refractivity contribution in [2.24, 2.45) is 0 Å². The van der Waals surface area contributed by atoms with E-state index < -0.39 is 24.6 Å². The lowest BCUT2D eigenvalue weighted by Crippen LogP contribution is -2.42. The van der Waals surface area contributed by atoms with E-state index in [0.717, 1.165) is 4.90 Å². The molecule has 1 aromatic carbocycles. The maximum Gasteiger partial charge on any atom is 0.328 e. The van der Waals surface area contributed by atoms with E-state index in [4.69, 9.17) is 16.7 Å². The predicted molar refractivity (Wildman–Crippen MR) is 68.1 cm³/mol. The number of hydrogen-bond donors (Lipinski definition) is 2. The number of benzene rings is 1. The highest BCUT2D eigenvalue weighted by atomic mass is 35.5. The fraction of sp³-hybridized carbons (Fsp3) is 0.273. The minimum Gasteiger partial charge on any atom is -0.480 e. The summed E-state index contributed by atoms with van der Waals surface area (Å²) in [6.45, 7) is -1.18. The zero-order valence-electron chi connectivity index (χ0n) is 9.44. The second-order valence-corrected chi connectivity index (χ2v) is 4.65. The average molecular weight is 292 g/mol. The van der Waals surface area contributed by atoms with Gasteiger partial charge in [0.15, 0.2) is 6.04 Å². The van der Waals surface area contributed by atoms with Crippen LogP contribution in [0.25, 0.3) is 0 Å². The van der Waals surface area contributed by atoms with Crippen LogP contribution >= 0.6 is 23.4 Å². The summed E-state index contributed by atoms with van der Waals surface area (Å²) >= 11 is 7.25. The molecular formula is C11H11ClFNO3S. The average Bonchev–Trinajstić information content (AvgIpc) is 2.35. The van der Waals surface area contributed by atoms with Crippen molar-refractivity contribution in [3.05, 3.63) is 28.8 Å². The van der Waals surface area contributed by atoms with E-state index in [0.29, 0.717) is 0 Å². The number of alkyl halides is 1. The monoisotopic (exact) mass is 291 g/mol. The lowest BCUT2D eigenvalue weighted by atomic mass is 10.2. The van der Waals surface area contributed by atoms with Crippen molar-refractivity contribution in [3.8, 4) is 0 Å². The topological polar surface area (TPSA) is 66.4 Å². The van der Waals surface area contributed by atoms with Crippen molar-refractivity contribution < 1.29 is 19.1 Å². The second kappa shape index (κ2) is 6.61. The van der Waals surface area contributed by atoms with Gasteiger partial charge in [0.25, 0.3) is 5.91 Å². The van der Waals surface area contributed by atoms with Crippen LogP contribution in [0.2, 0.25) is 5.02 Å². The molecule has 1 unspecified atom stereocenters. The maximum absolute atomic E-state index is 12.4. The van der Waals surface area contributed by atoms with E-state index in [1.54, 1.807) is 6.07 Å². The molecule has 1 aromatic rings. The molecule has 1 rings (SSSR count). The van der Waals surface area contributed by atoms with Gasteiger partial charge in [-0.25, -0.2) is 9.18 Å². The number of aliphatic carboxylic acids is 1. The summed E-state index contributed by atoms with van der Waals surface area (Å²) in [6, 6.07) is 3.23. The van der Waals surface area contributed by atoms with E-state index in [2.05, 4.69) is 5.32 Å². The Bertz CT molecular complexity index is 470. The van der Waals surface area contributed by atoms with E-state index in [-0.39, 0.29) is 10.6 Å². The molecule has 0 aliphatic heterocycles. The Balaban J connectivity index is 2.93. The number of hydrogen-bond acceptors (Lipinski definition) is 3. The lowest BCUT2D eigenvalue weighted by Gasteiger charge is -2.12. The van der Waals surface area contributed by atoms with Crippen LogP contribution in [0.15, 0.2) is 23.1 Å². The molecule has 0 saturated heterocycles. The predicted octanol–water partition coefficient (Wildman–Crippen LogP) is 2.21. The van der Waals surface area contributed by atoms with Crippen LogP contribution < -0.4 is 5.32 Å². The van der Waals surface area contributed by atoms with Crippen molar-refractivity contribution in [3.63, 3.8) is 0 Å². The Morgan fingerprint density at radius 1 is 1.56 bits per heavy atom. The molecule has 7 heteroatoms. The van der Waals surface area contributed by atoms with Crippen LogP contribution in [0, 0.1) is 0 Å². The number of carbonyl (C=O) groups excluding carboxylic acids is 1. The van der Waals surface area contributed by atoms with Gasteiger partial charge >= 0.3 is 5.97 Å². The maximum atomic E-state index is 12.4. The summed E-state index contributed by atoms with van der Waals surface area (Å²) in [6.07, 6.45) is 1.83. The SMILES string of the molecule is CSc1ccc(Cl)c(C(=O)NC(CF)C(=O)O)c1. The van der Waals surface area contributed by atoms with Crippen molar-refractivity contribution in [1.82, 2.24) is 5.32 Å². The first kappa shape index (κ1) is 14.8. The standard InChI is InChI=1S/C11H11ClFNO3S/c1-18-6-2-3-8(12)7(4-6)10(15)14-9(5-13)11(16)17/h2-4,9H,5H2,1H3,(H,14,15)(H,16,17). The largest absolute Gasteiger partial charge is 0.480 e. The normalized spacial score (nSPS) is 11.9. The first-order valence-corrected chi connectivity index (χ1v) is 6.53. The van der Waals surface area contributed by atoms with Crippen LogP contribution in [0.5, 0.6) is 0 Å². The number of carbonyl (C=O) groups is 2. The Morgan fingerprint density at radius 2 is 2.22 bits per heavy atom. The van der Waals surface area contributed by atoms with E-state index in [9.17, 15) is 14.0 Å². The van der Waals surface area contributed by atoms with Gasteiger partial charge in [0.1, 0.15) is 6.67 Å². The van der Waals surface area contributed by atoms with Gasteiger partial charge in [-0.3, -0.25) is 4.79 Å². The van der Waals surface area contributed by atoms with Gasteiger partial charge in [0.05, 0.1) is 10.6 Å². The van der Waals surface area contributed by atoms with Crippen molar-refractivity contribution >= 4 is 35.2 Å². The molecule has 0 aliphatic rings. The van der Waals surface area contributed by atoms with Gasteiger partial charge in [0.2, 0.25) is 0 Å². The molecular weight excluding hydrogens is 281 g/mol. The zero-order valence-corrected chi connectivity index (χ0v) is 11.0. The third kappa shape index (κ3) is 3.61. The van der Waals surface area contributed by atoms with Gasteiger partial charge in [-0.2, -0.15) is 0 Å². The highest BCUT2D eigenvalue weighted by molar-refractivity contribution is 7.98. The molecule has 0 spiro atoms. The molecule has 0 aliphatic carbocycles. The molecule has 0 saturated carbocycles. The lowest BCUT2D eigenvalue weighted by molar-refractivity contribution is -0.139. The van der Waals surface area contributed by atoms with E-state index >= 15 is 0 Å². The fourth-order valence-electron chi connectivity index (χ4n) is 1.21. The zero-order chi connectivity index (χ0) is 13.7. The summed E-state index contributed by atoms with van der Waals surface area (Å²) in [5, 5.41) is 10.9. The third-order valence-electron chi connectivity index (χ3n) is 2.18. The van der Waals surface area contributed by atoms with Crippen LogP contribution in [-0.4, -0.2) is 36.0 Å². The van der Waals surface area contributed by atoms with Gasteiger partial charge in [-0.05, 0) is 24.5 Å². The molecule has 1 amide bonds. The number of carboxylic acid groups (broad SMARTS) is 1. The summed E-state index contributed by atoms with van der Waals surface area (Å²) in [4.78, 5) is 23.2. The molecule has 4 nitrogen and oxygen atoms in total. The van der Waals surface area contributed by atoms with E-state index in [1.807, 2.05) is 6.26 Å². The van der Waals surface area contributed by atoms with Gasteiger partial charge in [0, 0.05) is 4.90 Å². The van der Waals surface area contributed by atoms with Crippen LogP contribution in [0.3, 0.4) is 0 Å². The highest BCUT2D eigenvalue weighted by Crippen LogP contribution is 2.23. The van der Waals surface area contributed by atoms with Gasteiger partial charge < -0.3 is 10.4 Å². The number of amides is 1. The Labute approximate surface area is 113 Å². The van der Waals surface area contributed by atoms with Crippen molar-refractivity contribution in [1.29, 1.82) is 0 Å². The van der Waals surface area contributed by atoms with Gasteiger partial charge in [-0.15, -0.1) is 11.8 Å². The van der Waals surface area contributed by atoms with Crippen LogP contribution in [0.1, 0.15) is 10.4 Å². The number of halogens is 2. The number of thioether (sulfide) groups is 1. The molecule has 0 heterocycles. The smallest absolute Gasteiger partial charge is 0.328 e. The molecule has 2 N–H and O–H groups in total. The van der Waals surface area contributed by atoms with Crippen LogP contribution in [-0.2, 0) is 4.79 Å². The number of nitrogens with one attached hydrogen (secondary N) is 1. The summed E-state index contributed by atoms with van der Waals surface area (Å²) < 4.78 is 12.4. The van der Waals surface area contributed by atoms with Crippen molar-refractivity contribution in [2.45, 2.75) is 10.9 Å². The Kier molecular flexibility index (Phi) is 5.43. The second-order valence-electron chi connectivity index (χ2n) is 3.36. The summed E-state index contributed by atoms with van der Waals surface area (Å²) in [7, 11) is 0. The van der Waals surface area contributed by atoms with Gasteiger partial charge in [-0.1, -0.05) is 11.6 Å². The van der Waals surface area contributed by atoms with Crippen LogP contribution in [0.4, 0.5) is 4.39 Å². The first-order valence-electron chi connectivity index (χ1n) is 4.92. The molecule has 0 bridgehead atoms. The third-order valence-corrected chi connectivity index (χ3v) is 3.23. The summed E-state index contributed by atoms with van der Waals surface area (Å²) in [5.41, 5.74) is 0.128. The van der Waals surface area contributed by atoms with Crippen molar-refractivity contribution in [2.75, 3.05) is 12.9 Å². The molecule has 0 fully saturated rings. The molecule has 0 aromatic heterocycles. The highest BCUT2D eigenvalue weighted by Gasteiger charge is 2.21. The molecule has 98 valence electrons. The fourth-order valence-corrected chi connectivity index (χ4v) is 1.85. The first-order chi connectivity index (χ1) is 8.49. The summed E-state index contributed by atoms with van der Waals surface area (Å²) in [5.74, 6) is -2.14. The number of rotatable bonds is 5. The molecule has 0 radical (unpaired) electrons. The quantitative estimate of drug-likeness (QED) is 0.816. The Morgan fingerprint density at radius 3 is 2.72 bits per heavy atom. The molecule has 18 heavy (non-hydrogen) atoms. The van der Waals surface area contributed by atoms with E-state index in [1.165, 1.54) is 23.9 Å². The minimum atomic E-state index is -1.56. The number of carboxylic acids is 1.